The van der Waals surface area contributed by atoms with E-state index in [1.54, 1.807) is 0 Å². The number of halogens is 3. The van der Waals surface area contributed by atoms with E-state index in [-0.39, 0.29) is 0 Å². The van der Waals surface area contributed by atoms with E-state index in [9.17, 15) is 13.6 Å². The fraction of sp³-hybridized carbons (Fsp3) is 0. The molecule has 0 saturated heterocycles. The maximum Gasteiger partial charge on any atom is 0.251 e. The van der Waals surface area contributed by atoms with E-state index in [4.69, 9.17) is 17.3 Å². The lowest BCUT2D eigenvalue weighted by atomic mass is 10.2. The molecule has 1 aromatic rings. The van der Waals surface area contributed by atoms with Crippen molar-refractivity contribution in [3.05, 3.63) is 34.4 Å². The molecule has 2 nitrogen and oxygen atoms in total. The van der Waals surface area contributed by atoms with Crippen molar-refractivity contribution in [1.29, 1.82) is 0 Å². The molecule has 0 aliphatic carbocycles. The van der Waals surface area contributed by atoms with Crippen LogP contribution in [0.5, 0.6) is 0 Å². The van der Waals surface area contributed by atoms with Gasteiger partial charge in [-0.1, -0.05) is 11.6 Å². The van der Waals surface area contributed by atoms with Crippen LogP contribution in [-0.2, 0) is 0 Å². The minimum Gasteiger partial charge on any atom is -0.366 e. The van der Waals surface area contributed by atoms with E-state index >= 15 is 0 Å². The van der Waals surface area contributed by atoms with Crippen LogP contribution >= 0.6 is 11.6 Å². The Morgan fingerprint density at radius 2 is 2.00 bits per heavy atom. The molecule has 0 spiro atoms. The van der Waals surface area contributed by atoms with Crippen molar-refractivity contribution in [3.8, 4) is 0 Å². The monoisotopic (exact) mass is 191 g/mol. The Kier molecular flexibility index (Phi) is 2.28. The fourth-order valence-electron chi connectivity index (χ4n) is 0.716. The van der Waals surface area contributed by atoms with Crippen LogP contribution in [0.4, 0.5) is 8.78 Å². The van der Waals surface area contributed by atoms with Crippen molar-refractivity contribution in [3.63, 3.8) is 0 Å². The summed E-state index contributed by atoms with van der Waals surface area (Å²) in [6.45, 7) is 0. The molecule has 0 aliphatic heterocycles. The number of amides is 1. The average molecular weight is 192 g/mol. The number of benzene rings is 1. The molecule has 0 aliphatic rings. The number of primary amides is 1. The van der Waals surface area contributed by atoms with Crippen LogP contribution in [0, 0.1) is 11.6 Å². The highest BCUT2D eigenvalue weighted by atomic mass is 35.5. The molecule has 5 heteroatoms. The SMILES string of the molecule is NC(=O)c1ccc(F)c(Cl)c1F. The Labute approximate surface area is 71.9 Å². The van der Waals surface area contributed by atoms with E-state index in [2.05, 4.69) is 0 Å². The summed E-state index contributed by atoms with van der Waals surface area (Å²) in [5, 5.41) is -0.716. The molecule has 0 atom stereocenters. The largest absolute Gasteiger partial charge is 0.366 e. The average Bonchev–Trinajstić information content (AvgIpc) is 2.00. The van der Waals surface area contributed by atoms with Crippen LogP contribution in [0.2, 0.25) is 5.02 Å². The van der Waals surface area contributed by atoms with Crippen LogP contribution in [-0.4, -0.2) is 5.91 Å². The predicted molar refractivity (Wildman–Crippen MR) is 39.9 cm³/mol. The predicted octanol–water partition coefficient (Wildman–Crippen LogP) is 1.72. The zero-order valence-electron chi connectivity index (χ0n) is 5.77. The highest BCUT2D eigenvalue weighted by molar-refractivity contribution is 6.31. The van der Waals surface area contributed by atoms with Gasteiger partial charge in [0.15, 0.2) is 5.82 Å². The number of carbonyl (C=O) groups excluding carboxylic acids is 1. The minimum absolute atomic E-state index is 0.415. The number of hydrogen-bond donors (Lipinski definition) is 1. The van der Waals surface area contributed by atoms with Gasteiger partial charge in [-0.25, -0.2) is 8.78 Å². The molecular formula is C7H4ClF2NO. The van der Waals surface area contributed by atoms with E-state index in [1.165, 1.54) is 0 Å². The first-order chi connectivity index (χ1) is 5.54. The highest BCUT2D eigenvalue weighted by Gasteiger charge is 2.14. The van der Waals surface area contributed by atoms with Gasteiger partial charge in [0.2, 0.25) is 0 Å². The molecule has 1 amide bonds. The van der Waals surface area contributed by atoms with Gasteiger partial charge < -0.3 is 5.73 Å². The van der Waals surface area contributed by atoms with Gasteiger partial charge >= 0.3 is 0 Å². The molecule has 1 aromatic carbocycles. The molecule has 0 unspecified atom stereocenters. The van der Waals surface area contributed by atoms with Gasteiger partial charge in [0.1, 0.15) is 10.8 Å². The molecule has 0 saturated carbocycles. The summed E-state index contributed by atoms with van der Waals surface area (Å²) in [7, 11) is 0. The number of carbonyl (C=O) groups is 1. The Bertz CT molecular complexity index is 340. The van der Waals surface area contributed by atoms with Crippen molar-refractivity contribution in [2.45, 2.75) is 0 Å². The van der Waals surface area contributed by atoms with E-state index in [1.807, 2.05) is 0 Å². The molecule has 0 fully saturated rings. The van der Waals surface area contributed by atoms with Crippen LogP contribution in [0.15, 0.2) is 12.1 Å². The molecule has 2 N–H and O–H groups in total. The molecule has 64 valence electrons. The third kappa shape index (κ3) is 1.38. The standard InChI is InChI=1S/C7H4ClF2NO/c8-5-4(9)2-1-3(6(5)10)7(11)12/h1-2H,(H2,11,12). The summed E-state index contributed by atoms with van der Waals surface area (Å²) < 4.78 is 25.3. The summed E-state index contributed by atoms with van der Waals surface area (Å²) in [5.74, 6) is -3.02. The number of nitrogens with two attached hydrogens (primary N) is 1. The normalized spacial score (nSPS) is 9.92. The summed E-state index contributed by atoms with van der Waals surface area (Å²) in [6.07, 6.45) is 0. The second kappa shape index (κ2) is 3.06. The summed E-state index contributed by atoms with van der Waals surface area (Å²) in [6, 6.07) is 1.82. The van der Waals surface area contributed by atoms with Crippen LogP contribution in [0.3, 0.4) is 0 Å². The molecule has 1 rings (SSSR count). The van der Waals surface area contributed by atoms with Gasteiger partial charge in [-0.3, -0.25) is 4.79 Å². The van der Waals surface area contributed by atoms with Crippen LogP contribution in [0.25, 0.3) is 0 Å². The van der Waals surface area contributed by atoms with Gasteiger partial charge in [-0.15, -0.1) is 0 Å². The summed E-state index contributed by atoms with van der Waals surface area (Å²) >= 11 is 5.17. The van der Waals surface area contributed by atoms with Crippen molar-refractivity contribution in [2.24, 2.45) is 5.73 Å². The van der Waals surface area contributed by atoms with Gasteiger partial charge in [0, 0.05) is 0 Å². The van der Waals surface area contributed by atoms with Crippen molar-refractivity contribution in [2.75, 3.05) is 0 Å². The lowest BCUT2D eigenvalue weighted by Gasteiger charge is -2.00. The van der Waals surface area contributed by atoms with Crippen LogP contribution < -0.4 is 5.73 Å². The van der Waals surface area contributed by atoms with Gasteiger partial charge in [0.05, 0.1) is 5.56 Å². The third-order valence-electron chi connectivity index (χ3n) is 1.30. The van der Waals surface area contributed by atoms with Gasteiger partial charge in [-0.2, -0.15) is 0 Å². The molecule has 0 radical (unpaired) electrons. The Morgan fingerprint density at radius 3 is 2.50 bits per heavy atom. The topological polar surface area (TPSA) is 43.1 Å². The second-order valence-corrected chi connectivity index (χ2v) is 2.47. The summed E-state index contributed by atoms with van der Waals surface area (Å²) in [5.41, 5.74) is 4.36. The lowest BCUT2D eigenvalue weighted by Crippen LogP contribution is -2.13. The molecule has 0 bridgehead atoms. The quantitative estimate of drug-likeness (QED) is 0.675. The van der Waals surface area contributed by atoms with E-state index in [0.29, 0.717) is 0 Å². The van der Waals surface area contributed by atoms with Crippen molar-refractivity contribution < 1.29 is 13.6 Å². The molecule has 0 heterocycles. The minimum atomic E-state index is -1.12. The highest BCUT2D eigenvalue weighted by Crippen LogP contribution is 2.21. The lowest BCUT2D eigenvalue weighted by molar-refractivity contribution is 0.0996. The smallest absolute Gasteiger partial charge is 0.251 e. The van der Waals surface area contributed by atoms with Gasteiger partial charge in [0.25, 0.3) is 5.91 Å². The Balaban J connectivity index is 3.36. The molecular weight excluding hydrogens is 188 g/mol. The number of hydrogen-bond acceptors (Lipinski definition) is 1. The van der Waals surface area contributed by atoms with Crippen LogP contribution in [0.1, 0.15) is 10.4 Å². The van der Waals surface area contributed by atoms with Crippen molar-refractivity contribution in [1.82, 2.24) is 0 Å². The van der Waals surface area contributed by atoms with E-state index in [0.717, 1.165) is 12.1 Å². The summed E-state index contributed by atoms with van der Waals surface area (Å²) in [4.78, 5) is 10.5. The fourth-order valence-corrected chi connectivity index (χ4v) is 0.881. The third-order valence-corrected chi connectivity index (χ3v) is 1.65. The maximum atomic E-state index is 12.8. The maximum absolute atomic E-state index is 12.8. The Morgan fingerprint density at radius 1 is 1.42 bits per heavy atom. The molecule has 0 aromatic heterocycles. The second-order valence-electron chi connectivity index (χ2n) is 2.09. The van der Waals surface area contributed by atoms with Crippen molar-refractivity contribution >= 4 is 17.5 Å². The first-order valence-corrected chi connectivity index (χ1v) is 3.35. The van der Waals surface area contributed by atoms with E-state index < -0.39 is 28.1 Å². The number of rotatable bonds is 1. The molecule has 12 heavy (non-hydrogen) atoms. The zero-order valence-corrected chi connectivity index (χ0v) is 6.53. The Hall–Kier alpha value is -1.16. The first-order valence-electron chi connectivity index (χ1n) is 2.97. The van der Waals surface area contributed by atoms with Gasteiger partial charge in [-0.05, 0) is 12.1 Å². The first kappa shape index (κ1) is 8.93. The zero-order chi connectivity index (χ0) is 9.30.